The first-order valence-electron chi connectivity index (χ1n) is 10.8. The van der Waals surface area contributed by atoms with Gasteiger partial charge in [-0.25, -0.2) is 0 Å². The van der Waals surface area contributed by atoms with Crippen molar-refractivity contribution in [3.63, 3.8) is 0 Å². The van der Waals surface area contributed by atoms with E-state index < -0.39 is 0 Å². The molecule has 6 heteroatoms. The number of aliphatic hydroxyl groups is 1. The average Bonchev–Trinajstić information content (AvgIpc) is 2.78. The number of carbonyl (C=O) groups is 1. The number of pyridine rings is 1. The number of aliphatic hydroxyl groups excluding tert-OH is 1. The molecule has 31 heavy (non-hydrogen) atoms. The number of aryl methyl sites for hydroxylation is 2. The molecule has 0 atom stereocenters. The molecule has 1 fully saturated rings. The third-order valence-corrected chi connectivity index (χ3v) is 6.15. The first-order valence-corrected chi connectivity index (χ1v) is 10.8. The van der Waals surface area contributed by atoms with Gasteiger partial charge < -0.3 is 19.5 Å². The molecule has 0 unspecified atom stereocenters. The van der Waals surface area contributed by atoms with Crippen molar-refractivity contribution in [2.45, 2.75) is 39.3 Å². The monoisotopic (exact) mass is 419 g/mol. The van der Waals surface area contributed by atoms with Gasteiger partial charge in [-0.2, -0.15) is 0 Å². The van der Waals surface area contributed by atoms with Crippen LogP contribution in [0.3, 0.4) is 0 Å². The van der Waals surface area contributed by atoms with Gasteiger partial charge in [-0.15, -0.1) is 0 Å². The fourth-order valence-electron chi connectivity index (χ4n) is 4.34. The first-order chi connectivity index (χ1) is 14.9. The van der Waals surface area contributed by atoms with Crippen molar-refractivity contribution in [1.29, 1.82) is 0 Å². The summed E-state index contributed by atoms with van der Waals surface area (Å²) in [4.78, 5) is 29.8. The normalized spacial score (nSPS) is 14.8. The Morgan fingerprint density at radius 1 is 1.13 bits per heavy atom. The van der Waals surface area contributed by atoms with Crippen LogP contribution in [0.15, 0.2) is 53.3 Å². The fourth-order valence-corrected chi connectivity index (χ4v) is 4.34. The number of fused-ring (bicyclic) bond motifs is 1. The van der Waals surface area contributed by atoms with Gasteiger partial charge in [-0.3, -0.25) is 9.59 Å². The maximum absolute atomic E-state index is 13.3. The Bertz CT molecular complexity index is 1180. The zero-order chi connectivity index (χ0) is 22.1. The molecule has 2 aromatic carbocycles. The quantitative estimate of drug-likeness (QED) is 0.702. The summed E-state index contributed by atoms with van der Waals surface area (Å²) in [6, 6.07) is 15.1. The van der Waals surface area contributed by atoms with Crippen LogP contribution >= 0.6 is 0 Å². The summed E-state index contributed by atoms with van der Waals surface area (Å²) in [6.45, 7) is 5.89. The highest BCUT2D eigenvalue weighted by atomic mass is 16.3. The molecule has 1 amide bonds. The second-order valence-corrected chi connectivity index (χ2v) is 8.27. The van der Waals surface area contributed by atoms with Crippen LogP contribution < -0.4 is 15.4 Å². The van der Waals surface area contributed by atoms with Crippen molar-refractivity contribution in [2.24, 2.45) is 0 Å². The third-order valence-electron chi connectivity index (χ3n) is 6.15. The summed E-state index contributed by atoms with van der Waals surface area (Å²) in [5, 5.41) is 10.8. The predicted molar refractivity (Wildman–Crippen MR) is 125 cm³/mol. The van der Waals surface area contributed by atoms with E-state index in [4.69, 9.17) is 0 Å². The lowest BCUT2D eigenvalue weighted by Gasteiger charge is -2.32. The molecule has 6 nitrogen and oxygen atoms in total. The SMILES string of the molecule is CCn1c(=O)cc(N2CCC(O)CC2)c2cc(C(=O)N(C)c3cccc(C)c3)ccc21. The number of nitrogens with zero attached hydrogens (tertiary/aromatic N) is 3. The van der Waals surface area contributed by atoms with Crippen LogP contribution in [0.25, 0.3) is 10.9 Å². The molecule has 1 saturated heterocycles. The fraction of sp³-hybridized carbons (Fsp3) is 0.360. The van der Waals surface area contributed by atoms with E-state index >= 15 is 0 Å². The molecule has 0 saturated carbocycles. The highest BCUT2D eigenvalue weighted by Gasteiger charge is 2.22. The van der Waals surface area contributed by atoms with E-state index in [0.717, 1.165) is 27.8 Å². The standard InChI is InChI=1S/C25H29N3O3/c1-4-28-22-9-8-18(25(31)26(3)19-7-5-6-17(2)14-19)15-21(22)23(16-24(28)30)27-12-10-20(29)11-13-27/h5-9,14-16,20,29H,4,10-13H2,1-3H3. The number of hydrogen-bond donors (Lipinski definition) is 1. The van der Waals surface area contributed by atoms with E-state index in [1.54, 1.807) is 28.6 Å². The van der Waals surface area contributed by atoms with Gasteiger partial charge in [0.1, 0.15) is 0 Å². The lowest BCUT2D eigenvalue weighted by Crippen LogP contribution is -2.37. The topological polar surface area (TPSA) is 65.8 Å². The molecule has 0 bridgehead atoms. The van der Waals surface area contributed by atoms with Crippen LogP contribution in [0.1, 0.15) is 35.7 Å². The molecule has 4 rings (SSSR count). The molecule has 0 spiro atoms. The molecular formula is C25H29N3O3. The Labute approximate surface area is 182 Å². The molecule has 1 aliphatic rings. The van der Waals surface area contributed by atoms with Crippen molar-refractivity contribution in [3.05, 3.63) is 70.0 Å². The summed E-state index contributed by atoms with van der Waals surface area (Å²) >= 11 is 0. The number of benzene rings is 2. The van der Waals surface area contributed by atoms with Crippen molar-refractivity contribution in [3.8, 4) is 0 Å². The Morgan fingerprint density at radius 3 is 2.55 bits per heavy atom. The van der Waals surface area contributed by atoms with E-state index in [0.29, 0.717) is 38.0 Å². The van der Waals surface area contributed by atoms with Crippen LogP contribution in [0.2, 0.25) is 0 Å². The van der Waals surface area contributed by atoms with Gasteiger partial charge in [0.05, 0.1) is 17.3 Å². The molecule has 162 valence electrons. The molecule has 1 N–H and O–H groups in total. The molecule has 1 aliphatic heterocycles. The average molecular weight is 420 g/mol. The van der Waals surface area contributed by atoms with Crippen LogP contribution in [0, 0.1) is 6.92 Å². The Kier molecular flexibility index (Phi) is 5.83. The van der Waals surface area contributed by atoms with Gasteiger partial charge in [0.25, 0.3) is 11.5 Å². The van der Waals surface area contributed by atoms with Crippen molar-refractivity contribution >= 4 is 28.2 Å². The van der Waals surface area contributed by atoms with Crippen molar-refractivity contribution in [2.75, 3.05) is 29.9 Å². The number of rotatable bonds is 4. The van der Waals surface area contributed by atoms with Gasteiger partial charge in [0, 0.05) is 49.4 Å². The minimum atomic E-state index is -0.293. The second-order valence-electron chi connectivity index (χ2n) is 8.27. The van der Waals surface area contributed by atoms with Gasteiger partial charge in [-0.1, -0.05) is 12.1 Å². The summed E-state index contributed by atoms with van der Waals surface area (Å²) < 4.78 is 1.73. The second kappa shape index (κ2) is 8.55. The molecule has 0 aliphatic carbocycles. The smallest absolute Gasteiger partial charge is 0.258 e. The number of anilines is 2. The van der Waals surface area contributed by atoms with E-state index in [-0.39, 0.29) is 17.6 Å². The lowest BCUT2D eigenvalue weighted by atomic mass is 10.0. The van der Waals surface area contributed by atoms with Gasteiger partial charge >= 0.3 is 0 Å². The molecule has 2 heterocycles. The van der Waals surface area contributed by atoms with Crippen LogP contribution in [-0.4, -0.2) is 41.8 Å². The first kappa shape index (κ1) is 21.1. The van der Waals surface area contributed by atoms with Crippen LogP contribution in [0.4, 0.5) is 11.4 Å². The van der Waals surface area contributed by atoms with E-state index in [9.17, 15) is 14.7 Å². The number of hydrogen-bond acceptors (Lipinski definition) is 4. The van der Waals surface area contributed by atoms with Crippen LogP contribution in [0.5, 0.6) is 0 Å². The van der Waals surface area contributed by atoms with E-state index in [2.05, 4.69) is 4.90 Å². The minimum absolute atomic E-state index is 0.0490. The van der Waals surface area contributed by atoms with Gasteiger partial charge in [0.15, 0.2) is 0 Å². The van der Waals surface area contributed by atoms with Crippen molar-refractivity contribution in [1.82, 2.24) is 4.57 Å². The number of aromatic nitrogens is 1. The molecule has 3 aromatic rings. The maximum atomic E-state index is 13.3. The Hall–Kier alpha value is -3.12. The molecule has 0 radical (unpaired) electrons. The predicted octanol–water partition coefficient (Wildman–Crippen LogP) is 3.57. The van der Waals surface area contributed by atoms with Crippen molar-refractivity contribution < 1.29 is 9.90 Å². The Balaban J connectivity index is 1.79. The van der Waals surface area contributed by atoms with Gasteiger partial charge in [0.2, 0.25) is 0 Å². The molecule has 1 aromatic heterocycles. The summed E-state index contributed by atoms with van der Waals surface area (Å²) in [5.74, 6) is -0.0956. The van der Waals surface area contributed by atoms with Crippen LogP contribution in [-0.2, 0) is 6.54 Å². The largest absolute Gasteiger partial charge is 0.393 e. The number of amides is 1. The summed E-state index contributed by atoms with van der Waals surface area (Å²) in [5.41, 5.74) is 4.13. The van der Waals surface area contributed by atoms with E-state index in [1.165, 1.54) is 0 Å². The number of carbonyl (C=O) groups excluding carboxylic acids is 1. The molecular weight excluding hydrogens is 390 g/mol. The zero-order valence-electron chi connectivity index (χ0n) is 18.3. The highest BCUT2D eigenvalue weighted by molar-refractivity contribution is 6.08. The maximum Gasteiger partial charge on any atom is 0.258 e. The van der Waals surface area contributed by atoms with Gasteiger partial charge in [-0.05, 0) is 62.6 Å². The minimum Gasteiger partial charge on any atom is -0.393 e. The number of piperidine rings is 1. The highest BCUT2D eigenvalue weighted by Crippen LogP contribution is 2.29. The summed E-state index contributed by atoms with van der Waals surface area (Å²) in [6.07, 6.45) is 1.05. The Morgan fingerprint density at radius 2 is 1.87 bits per heavy atom. The summed E-state index contributed by atoms with van der Waals surface area (Å²) in [7, 11) is 1.78. The lowest BCUT2D eigenvalue weighted by molar-refractivity contribution is 0.0993. The third kappa shape index (κ3) is 4.08. The van der Waals surface area contributed by atoms with E-state index in [1.807, 2.05) is 50.2 Å². The zero-order valence-corrected chi connectivity index (χ0v) is 18.3.